The van der Waals surface area contributed by atoms with Crippen LogP contribution in [-0.2, 0) is 16.0 Å². The zero-order valence-electron chi connectivity index (χ0n) is 11.9. The molecule has 3 N–H and O–H groups in total. The Balaban J connectivity index is 1.43. The molecule has 1 saturated heterocycles. The molecule has 1 fully saturated rings. The van der Waals surface area contributed by atoms with Gasteiger partial charge in [0.25, 0.3) is 0 Å². The number of morpholine rings is 1. The summed E-state index contributed by atoms with van der Waals surface area (Å²) in [5.41, 5.74) is 1.99. The number of amides is 1. The molecule has 1 aromatic heterocycles. The predicted molar refractivity (Wildman–Crippen MR) is 80.0 cm³/mol. The van der Waals surface area contributed by atoms with E-state index in [1.165, 1.54) is 0 Å². The van der Waals surface area contributed by atoms with Crippen molar-refractivity contribution in [3.8, 4) is 0 Å². The lowest BCUT2D eigenvalue weighted by atomic mass is 10.2. The van der Waals surface area contributed by atoms with E-state index >= 15 is 0 Å². The average molecular weight is 288 g/mol. The van der Waals surface area contributed by atoms with Crippen molar-refractivity contribution in [1.82, 2.24) is 20.6 Å². The predicted octanol–water partition coefficient (Wildman–Crippen LogP) is 0.600. The first-order valence-electron chi connectivity index (χ1n) is 7.33. The molecule has 1 aliphatic heterocycles. The maximum Gasteiger partial charge on any atom is 0.221 e. The Morgan fingerprint density at radius 3 is 3.14 bits per heavy atom. The van der Waals surface area contributed by atoms with Crippen molar-refractivity contribution in [3.63, 3.8) is 0 Å². The summed E-state index contributed by atoms with van der Waals surface area (Å²) in [6.45, 7) is 2.74. The monoisotopic (exact) mass is 288 g/mol. The Labute approximate surface area is 123 Å². The van der Waals surface area contributed by atoms with E-state index in [9.17, 15) is 4.79 Å². The smallest absolute Gasteiger partial charge is 0.221 e. The first kappa shape index (κ1) is 14.0. The van der Waals surface area contributed by atoms with Crippen molar-refractivity contribution in [1.29, 1.82) is 0 Å². The van der Waals surface area contributed by atoms with Gasteiger partial charge in [0.15, 0.2) is 0 Å². The van der Waals surface area contributed by atoms with Crippen LogP contribution in [0.3, 0.4) is 0 Å². The second kappa shape index (κ2) is 6.69. The highest BCUT2D eigenvalue weighted by molar-refractivity contribution is 5.76. The number of carbonyl (C=O) groups excluding carboxylic acids is 1. The molecular weight excluding hydrogens is 268 g/mol. The summed E-state index contributed by atoms with van der Waals surface area (Å²) < 4.78 is 5.33. The first-order chi connectivity index (χ1) is 10.3. The molecule has 112 valence electrons. The first-order valence-corrected chi connectivity index (χ1v) is 7.33. The van der Waals surface area contributed by atoms with Crippen molar-refractivity contribution in [2.45, 2.75) is 18.9 Å². The number of fused-ring (bicyclic) bond motifs is 1. The van der Waals surface area contributed by atoms with Crippen LogP contribution in [-0.4, -0.2) is 48.2 Å². The van der Waals surface area contributed by atoms with E-state index in [1.54, 1.807) is 0 Å². The number of nitrogens with zero attached hydrogens (tertiary/aromatic N) is 1. The van der Waals surface area contributed by atoms with Gasteiger partial charge in [0.1, 0.15) is 5.82 Å². The lowest BCUT2D eigenvalue weighted by molar-refractivity contribution is -0.122. The number of ether oxygens (including phenoxy) is 1. The average Bonchev–Trinajstić information content (AvgIpc) is 2.91. The third kappa shape index (κ3) is 3.80. The summed E-state index contributed by atoms with van der Waals surface area (Å²) in [4.78, 5) is 19.6. The molecule has 21 heavy (non-hydrogen) atoms. The van der Waals surface area contributed by atoms with E-state index in [-0.39, 0.29) is 11.9 Å². The Morgan fingerprint density at radius 1 is 1.43 bits per heavy atom. The van der Waals surface area contributed by atoms with Gasteiger partial charge in [0.2, 0.25) is 5.91 Å². The summed E-state index contributed by atoms with van der Waals surface area (Å²) in [5, 5.41) is 6.20. The number of rotatable bonds is 5. The zero-order chi connectivity index (χ0) is 14.5. The molecule has 3 rings (SSSR count). The number of benzene rings is 1. The molecule has 6 nitrogen and oxygen atoms in total. The van der Waals surface area contributed by atoms with E-state index in [1.807, 2.05) is 24.3 Å². The molecule has 1 amide bonds. The lowest BCUT2D eigenvalue weighted by Gasteiger charge is -2.23. The molecule has 0 saturated carbocycles. The highest BCUT2D eigenvalue weighted by atomic mass is 16.5. The minimum Gasteiger partial charge on any atom is -0.378 e. The minimum atomic E-state index is 0.0501. The van der Waals surface area contributed by atoms with Crippen LogP contribution in [0.2, 0.25) is 0 Å². The quantitative estimate of drug-likeness (QED) is 0.753. The van der Waals surface area contributed by atoms with Gasteiger partial charge < -0.3 is 20.4 Å². The van der Waals surface area contributed by atoms with Gasteiger partial charge in [-0.2, -0.15) is 0 Å². The largest absolute Gasteiger partial charge is 0.378 e. The molecule has 1 aromatic carbocycles. The van der Waals surface area contributed by atoms with E-state index in [0.29, 0.717) is 26.0 Å². The zero-order valence-corrected chi connectivity index (χ0v) is 11.9. The van der Waals surface area contributed by atoms with Gasteiger partial charge in [-0.3, -0.25) is 4.79 Å². The number of aromatic amines is 1. The van der Waals surface area contributed by atoms with Crippen molar-refractivity contribution < 1.29 is 9.53 Å². The van der Waals surface area contributed by atoms with Crippen LogP contribution < -0.4 is 10.6 Å². The minimum absolute atomic E-state index is 0.0501. The molecular formula is C15H20N4O2. The second-order valence-electron chi connectivity index (χ2n) is 5.23. The number of para-hydroxylation sites is 2. The van der Waals surface area contributed by atoms with Gasteiger partial charge in [-0.25, -0.2) is 4.98 Å². The van der Waals surface area contributed by atoms with Crippen molar-refractivity contribution in [2.24, 2.45) is 0 Å². The number of carbonyl (C=O) groups is 1. The standard InChI is InChI=1S/C15H20N4O2/c20-15(9-11-10-21-8-7-16-11)17-6-5-14-18-12-3-1-2-4-13(12)19-14/h1-4,11,16H,5-10H2,(H,17,20)(H,18,19). The summed E-state index contributed by atoms with van der Waals surface area (Å²) in [7, 11) is 0. The SMILES string of the molecule is O=C(CC1COCCN1)NCCc1nc2ccccc2[nH]1. The molecule has 0 spiro atoms. The molecule has 1 atom stereocenters. The fourth-order valence-electron chi connectivity index (χ4n) is 2.49. The number of nitrogens with one attached hydrogen (secondary N) is 3. The molecule has 0 bridgehead atoms. The van der Waals surface area contributed by atoms with Gasteiger partial charge in [-0.15, -0.1) is 0 Å². The molecule has 1 unspecified atom stereocenters. The highest BCUT2D eigenvalue weighted by Crippen LogP contribution is 2.10. The fraction of sp³-hybridized carbons (Fsp3) is 0.467. The fourth-order valence-corrected chi connectivity index (χ4v) is 2.49. The third-order valence-electron chi connectivity index (χ3n) is 3.55. The van der Waals surface area contributed by atoms with E-state index < -0.39 is 0 Å². The van der Waals surface area contributed by atoms with Crippen LogP contribution in [0.5, 0.6) is 0 Å². The van der Waals surface area contributed by atoms with Crippen LogP contribution in [0.15, 0.2) is 24.3 Å². The summed E-state index contributed by atoms with van der Waals surface area (Å²) in [5.74, 6) is 0.949. The third-order valence-corrected chi connectivity index (χ3v) is 3.55. The van der Waals surface area contributed by atoms with Gasteiger partial charge in [0, 0.05) is 32.0 Å². The number of H-pyrrole nitrogens is 1. The Hall–Kier alpha value is -1.92. The van der Waals surface area contributed by atoms with Crippen molar-refractivity contribution in [3.05, 3.63) is 30.1 Å². The van der Waals surface area contributed by atoms with Gasteiger partial charge in [0.05, 0.1) is 24.2 Å². The van der Waals surface area contributed by atoms with Crippen molar-refractivity contribution in [2.75, 3.05) is 26.3 Å². The van der Waals surface area contributed by atoms with Crippen LogP contribution in [0.4, 0.5) is 0 Å². The van der Waals surface area contributed by atoms with Crippen LogP contribution in [0.25, 0.3) is 11.0 Å². The Kier molecular flexibility index (Phi) is 4.47. The Bertz CT molecular complexity index is 571. The summed E-state index contributed by atoms with van der Waals surface area (Å²) in [6.07, 6.45) is 1.16. The molecule has 6 heteroatoms. The lowest BCUT2D eigenvalue weighted by Crippen LogP contribution is -2.44. The van der Waals surface area contributed by atoms with Crippen LogP contribution in [0, 0.1) is 0 Å². The van der Waals surface area contributed by atoms with Crippen LogP contribution in [0.1, 0.15) is 12.2 Å². The number of hydrogen-bond acceptors (Lipinski definition) is 4. The topological polar surface area (TPSA) is 79.0 Å². The van der Waals surface area contributed by atoms with Gasteiger partial charge >= 0.3 is 0 Å². The highest BCUT2D eigenvalue weighted by Gasteiger charge is 2.16. The van der Waals surface area contributed by atoms with E-state index in [0.717, 1.165) is 30.0 Å². The van der Waals surface area contributed by atoms with E-state index in [4.69, 9.17) is 4.74 Å². The maximum atomic E-state index is 11.8. The van der Waals surface area contributed by atoms with Crippen molar-refractivity contribution >= 4 is 16.9 Å². The van der Waals surface area contributed by atoms with Gasteiger partial charge in [-0.1, -0.05) is 12.1 Å². The molecule has 2 aromatic rings. The maximum absolute atomic E-state index is 11.8. The van der Waals surface area contributed by atoms with Gasteiger partial charge in [-0.05, 0) is 12.1 Å². The molecule has 0 radical (unpaired) electrons. The van der Waals surface area contributed by atoms with Crippen LogP contribution >= 0.6 is 0 Å². The summed E-state index contributed by atoms with van der Waals surface area (Å²) >= 11 is 0. The Morgan fingerprint density at radius 2 is 2.33 bits per heavy atom. The summed E-state index contributed by atoms with van der Waals surface area (Å²) in [6, 6.07) is 8.05. The number of aromatic nitrogens is 2. The molecule has 0 aliphatic carbocycles. The number of imidazole rings is 1. The van der Waals surface area contributed by atoms with E-state index in [2.05, 4.69) is 20.6 Å². The normalized spacial score (nSPS) is 18.8. The second-order valence-corrected chi connectivity index (χ2v) is 5.23. The molecule has 1 aliphatic rings. The molecule has 2 heterocycles. The number of hydrogen-bond donors (Lipinski definition) is 3.